The molecule has 2 N–H and O–H groups in total. The first-order chi connectivity index (χ1) is 9.90. The number of hydrogen-bond donors (Lipinski definition) is 2. The molecule has 2 aromatic rings. The molecule has 0 spiro atoms. The van der Waals surface area contributed by atoms with Crippen LogP contribution in [0.1, 0.15) is 38.2 Å². The summed E-state index contributed by atoms with van der Waals surface area (Å²) in [6, 6.07) is 11.2. The highest BCUT2D eigenvalue weighted by Crippen LogP contribution is 2.24. The van der Waals surface area contributed by atoms with Crippen molar-refractivity contribution in [3.8, 4) is 0 Å². The Balaban J connectivity index is 2.28. The van der Waals surface area contributed by atoms with E-state index in [2.05, 4.69) is 15.3 Å². The van der Waals surface area contributed by atoms with E-state index in [-0.39, 0.29) is 18.1 Å². The van der Waals surface area contributed by atoms with Gasteiger partial charge in [-0.15, -0.1) is 0 Å². The number of nitrogens with one attached hydrogen (secondary N) is 1. The molecule has 0 saturated carbocycles. The van der Waals surface area contributed by atoms with Crippen LogP contribution in [-0.4, -0.2) is 21.7 Å². The van der Waals surface area contributed by atoms with Crippen LogP contribution in [0.5, 0.6) is 0 Å². The summed E-state index contributed by atoms with van der Waals surface area (Å²) >= 11 is 6.08. The molecule has 1 heterocycles. The van der Waals surface area contributed by atoms with Gasteiger partial charge in [0.15, 0.2) is 0 Å². The molecule has 0 aliphatic heterocycles. The van der Waals surface area contributed by atoms with E-state index in [1.807, 2.05) is 51.1 Å². The van der Waals surface area contributed by atoms with Crippen LogP contribution in [-0.2, 0) is 5.41 Å². The molecule has 1 aromatic carbocycles. The van der Waals surface area contributed by atoms with Crippen molar-refractivity contribution < 1.29 is 5.11 Å². The number of aliphatic hydroxyl groups excluding tert-OH is 1. The van der Waals surface area contributed by atoms with Gasteiger partial charge in [-0.05, 0) is 5.56 Å². The van der Waals surface area contributed by atoms with Gasteiger partial charge in [0.25, 0.3) is 0 Å². The molecular weight excluding hydrogens is 286 g/mol. The van der Waals surface area contributed by atoms with Gasteiger partial charge >= 0.3 is 0 Å². The van der Waals surface area contributed by atoms with E-state index < -0.39 is 0 Å². The van der Waals surface area contributed by atoms with Gasteiger partial charge in [0.2, 0.25) is 0 Å². The van der Waals surface area contributed by atoms with Gasteiger partial charge in [0, 0.05) is 11.5 Å². The third-order valence-electron chi connectivity index (χ3n) is 3.07. The SMILES string of the molecule is CC(C)(C)c1nc(Cl)cc(NC(CO)c2ccccc2)n1. The van der Waals surface area contributed by atoms with Gasteiger partial charge < -0.3 is 10.4 Å². The van der Waals surface area contributed by atoms with Crippen LogP contribution >= 0.6 is 11.6 Å². The van der Waals surface area contributed by atoms with E-state index in [4.69, 9.17) is 11.6 Å². The highest BCUT2D eigenvalue weighted by molar-refractivity contribution is 6.29. The van der Waals surface area contributed by atoms with Crippen molar-refractivity contribution in [1.82, 2.24) is 9.97 Å². The van der Waals surface area contributed by atoms with Gasteiger partial charge in [-0.2, -0.15) is 0 Å². The lowest BCUT2D eigenvalue weighted by molar-refractivity contribution is 0.276. The first kappa shape index (κ1) is 15.7. The lowest BCUT2D eigenvalue weighted by Gasteiger charge is -2.21. The van der Waals surface area contributed by atoms with E-state index in [0.717, 1.165) is 5.56 Å². The number of halogens is 1. The summed E-state index contributed by atoms with van der Waals surface area (Å²) in [4.78, 5) is 8.76. The molecule has 112 valence electrons. The van der Waals surface area contributed by atoms with Gasteiger partial charge in [-0.3, -0.25) is 0 Å². The lowest BCUT2D eigenvalue weighted by Crippen LogP contribution is -2.20. The molecule has 0 radical (unpaired) electrons. The molecule has 1 atom stereocenters. The van der Waals surface area contributed by atoms with E-state index >= 15 is 0 Å². The van der Waals surface area contributed by atoms with Crippen LogP contribution in [0.3, 0.4) is 0 Å². The van der Waals surface area contributed by atoms with E-state index in [1.54, 1.807) is 6.07 Å². The molecule has 1 aromatic heterocycles. The van der Waals surface area contributed by atoms with E-state index in [1.165, 1.54) is 0 Å². The number of benzene rings is 1. The maximum Gasteiger partial charge on any atom is 0.137 e. The zero-order chi connectivity index (χ0) is 15.5. The second-order valence-corrected chi connectivity index (χ2v) is 6.33. The van der Waals surface area contributed by atoms with Crippen molar-refractivity contribution in [2.24, 2.45) is 0 Å². The molecule has 5 heteroatoms. The molecule has 0 amide bonds. The molecule has 2 rings (SSSR count). The van der Waals surface area contributed by atoms with Crippen LogP contribution in [0.25, 0.3) is 0 Å². The molecule has 4 nitrogen and oxygen atoms in total. The number of aliphatic hydroxyl groups is 1. The summed E-state index contributed by atoms with van der Waals surface area (Å²) in [5.41, 5.74) is 0.801. The molecular formula is C16H20ClN3O. The van der Waals surface area contributed by atoms with Crippen LogP contribution in [0.2, 0.25) is 5.15 Å². The Morgan fingerprint density at radius 2 is 1.86 bits per heavy atom. The zero-order valence-corrected chi connectivity index (χ0v) is 13.2. The van der Waals surface area contributed by atoms with Gasteiger partial charge in [-0.25, -0.2) is 9.97 Å². The molecule has 0 saturated heterocycles. The Labute approximate surface area is 130 Å². The Bertz CT molecular complexity index is 596. The Kier molecular flexibility index (Phi) is 4.80. The number of aromatic nitrogens is 2. The standard InChI is InChI=1S/C16H20ClN3O/c1-16(2,3)15-19-13(17)9-14(20-15)18-12(10-21)11-7-5-4-6-8-11/h4-9,12,21H,10H2,1-3H3,(H,18,19,20). The first-order valence-corrected chi connectivity index (χ1v) is 7.25. The Morgan fingerprint density at radius 3 is 2.43 bits per heavy atom. The predicted octanol–water partition coefficient (Wildman–Crippen LogP) is 3.57. The molecule has 0 fully saturated rings. The summed E-state index contributed by atoms with van der Waals surface area (Å²) in [5, 5.41) is 13.2. The van der Waals surface area contributed by atoms with Crippen LogP contribution in [0.4, 0.5) is 5.82 Å². The molecule has 0 aliphatic carbocycles. The predicted molar refractivity (Wildman–Crippen MR) is 85.6 cm³/mol. The van der Waals surface area contributed by atoms with Gasteiger partial charge in [0.05, 0.1) is 12.6 Å². The van der Waals surface area contributed by atoms with E-state index in [0.29, 0.717) is 16.8 Å². The maximum atomic E-state index is 9.60. The van der Waals surface area contributed by atoms with Crippen LogP contribution < -0.4 is 5.32 Å². The molecule has 0 bridgehead atoms. The fourth-order valence-electron chi connectivity index (χ4n) is 1.93. The number of anilines is 1. The first-order valence-electron chi connectivity index (χ1n) is 6.87. The molecule has 0 aliphatic rings. The van der Waals surface area contributed by atoms with Crippen molar-refractivity contribution in [3.63, 3.8) is 0 Å². The summed E-state index contributed by atoms with van der Waals surface area (Å²) in [6.07, 6.45) is 0. The minimum absolute atomic E-state index is 0.0313. The van der Waals surface area contributed by atoms with Gasteiger partial charge in [-0.1, -0.05) is 62.7 Å². The summed E-state index contributed by atoms with van der Waals surface area (Å²) in [6.45, 7) is 6.06. The average molecular weight is 306 g/mol. The van der Waals surface area contributed by atoms with Gasteiger partial charge in [0.1, 0.15) is 16.8 Å². The van der Waals surface area contributed by atoms with Crippen molar-refractivity contribution in [3.05, 3.63) is 52.9 Å². The molecule has 21 heavy (non-hydrogen) atoms. The second kappa shape index (κ2) is 6.41. The molecule has 1 unspecified atom stereocenters. The normalized spacial score (nSPS) is 13.0. The van der Waals surface area contributed by atoms with Crippen molar-refractivity contribution in [2.75, 3.05) is 11.9 Å². The third-order valence-corrected chi connectivity index (χ3v) is 3.27. The van der Waals surface area contributed by atoms with Crippen molar-refractivity contribution in [2.45, 2.75) is 32.2 Å². The van der Waals surface area contributed by atoms with E-state index in [9.17, 15) is 5.11 Å². The van der Waals surface area contributed by atoms with Crippen LogP contribution in [0.15, 0.2) is 36.4 Å². The van der Waals surface area contributed by atoms with Crippen molar-refractivity contribution >= 4 is 17.4 Å². The fourth-order valence-corrected chi connectivity index (χ4v) is 2.11. The largest absolute Gasteiger partial charge is 0.394 e. The highest BCUT2D eigenvalue weighted by atomic mass is 35.5. The topological polar surface area (TPSA) is 58.0 Å². The minimum Gasteiger partial charge on any atom is -0.394 e. The maximum absolute atomic E-state index is 9.60. The number of nitrogens with zero attached hydrogens (tertiary/aromatic N) is 2. The monoisotopic (exact) mass is 305 g/mol. The number of rotatable bonds is 4. The minimum atomic E-state index is -0.231. The average Bonchev–Trinajstić information content (AvgIpc) is 2.44. The summed E-state index contributed by atoms with van der Waals surface area (Å²) in [5.74, 6) is 1.28. The number of hydrogen-bond acceptors (Lipinski definition) is 4. The summed E-state index contributed by atoms with van der Waals surface area (Å²) < 4.78 is 0. The highest BCUT2D eigenvalue weighted by Gasteiger charge is 2.20. The smallest absolute Gasteiger partial charge is 0.137 e. The summed E-state index contributed by atoms with van der Waals surface area (Å²) in [7, 11) is 0. The zero-order valence-electron chi connectivity index (χ0n) is 12.5. The quantitative estimate of drug-likeness (QED) is 0.848. The lowest BCUT2D eigenvalue weighted by atomic mass is 9.96. The van der Waals surface area contributed by atoms with Crippen LogP contribution in [0, 0.1) is 0 Å². The fraction of sp³-hybridized carbons (Fsp3) is 0.375. The third kappa shape index (κ3) is 4.16. The Morgan fingerprint density at radius 1 is 1.19 bits per heavy atom. The Hall–Kier alpha value is -1.65. The van der Waals surface area contributed by atoms with Crippen molar-refractivity contribution in [1.29, 1.82) is 0 Å². The second-order valence-electron chi connectivity index (χ2n) is 5.94.